The first-order valence-corrected chi connectivity index (χ1v) is 6.04. The molecule has 5 nitrogen and oxygen atoms in total. The van der Waals surface area contributed by atoms with E-state index in [2.05, 4.69) is 10.6 Å². The molecule has 0 bridgehead atoms. The van der Waals surface area contributed by atoms with Gasteiger partial charge in [-0.25, -0.2) is 8.78 Å². The smallest absolute Gasteiger partial charge is 0.254 e. The van der Waals surface area contributed by atoms with Crippen molar-refractivity contribution in [3.8, 4) is 0 Å². The third-order valence-corrected chi connectivity index (χ3v) is 2.54. The van der Waals surface area contributed by atoms with E-state index in [1.54, 1.807) is 6.92 Å². The third-order valence-electron chi connectivity index (χ3n) is 2.54. The van der Waals surface area contributed by atoms with E-state index < -0.39 is 23.4 Å². The Hall–Kier alpha value is -2.02. The summed E-state index contributed by atoms with van der Waals surface area (Å²) in [4.78, 5) is 23.0. The van der Waals surface area contributed by atoms with Crippen molar-refractivity contribution >= 4 is 11.8 Å². The summed E-state index contributed by atoms with van der Waals surface area (Å²) in [5.74, 6) is -3.12. The Balaban J connectivity index is 2.45. The molecule has 0 saturated heterocycles. The summed E-state index contributed by atoms with van der Waals surface area (Å²) in [6.07, 6.45) is 0. The van der Waals surface area contributed by atoms with Gasteiger partial charge < -0.3 is 15.7 Å². The zero-order valence-electron chi connectivity index (χ0n) is 11.0. The minimum absolute atomic E-state index is 0.0621. The van der Waals surface area contributed by atoms with Crippen LogP contribution in [0.5, 0.6) is 0 Å². The van der Waals surface area contributed by atoms with Crippen LogP contribution < -0.4 is 10.6 Å². The van der Waals surface area contributed by atoms with Crippen molar-refractivity contribution in [3.63, 3.8) is 0 Å². The Morgan fingerprint density at radius 2 is 2.00 bits per heavy atom. The molecule has 1 unspecified atom stereocenters. The van der Waals surface area contributed by atoms with E-state index in [4.69, 9.17) is 5.11 Å². The van der Waals surface area contributed by atoms with Crippen LogP contribution in [0.4, 0.5) is 8.78 Å². The molecule has 2 amide bonds. The highest BCUT2D eigenvalue weighted by molar-refractivity contribution is 5.96. The number of aliphatic hydroxyl groups excluding tert-OH is 1. The number of rotatable bonds is 6. The van der Waals surface area contributed by atoms with Gasteiger partial charge in [-0.15, -0.1) is 0 Å². The summed E-state index contributed by atoms with van der Waals surface area (Å²) in [6.45, 7) is 1.63. The quantitative estimate of drug-likeness (QED) is 0.710. The van der Waals surface area contributed by atoms with Crippen LogP contribution in [-0.2, 0) is 4.79 Å². The highest BCUT2D eigenvalue weighted by Crippen LogP contribution is 2.08. The van der Waals surface area contributed by atoms with Crippen LogP contribution in [0.3, 0.4) is 0 Å². The monoisotopic (exact) mass is 286 g/mol. The molecular weight excluding hydrogens is 270 g/mol. The second kappa shape index (κ2) is 7.54. The highest BCUT2D eigenvalue weighted by atomic mass is 19.1. The maximum absolute atomic E-state index is 13.3. The highest BCUT2D eigenvalue weighted by Gasteiger charge is 2.13. The molecule has 0 aliphatic carbocycles. The van der Waals surface area contributed by atoms with Gasteiger partial charge in [0.1, 0.15) is 11.6 Å². The van der Waals surface area contributed by atoms with Crippen LogP contribution in [0.15, 0.2) is 18.2 Å². The van der Waals surface area contributed by atoms with Crippen LogP contribution in [0.25, 0.3) is 0 Å². The van der Waals surface area contributed by atoms with Gasteiger partial charge in [0.25, 0.3) is 5.91 Å². The molecule has 1 aromatic carbocycles. The number of amides is 2. The fourth-order valence-corrected chi connectivity index (χ4v) is 1.34. The van der Waals surface area contributed by atoms with Gasteiger partial charge in [-0.3, -0.25) is 9.59 Å². The fourth-order valence-electron chi connectivity index (χ4n) is 1.34. The molecule has 0 spiro atoms. The lowest BCUT2D eigenvalue weighted by Gasteiger charge is -2.10. The van der Waals surface area contributed by atoms with Crippen molar-refractivity contribution in [2.75, 3.05) is 19.7 Å². The van der Waals surface area contributed by atoms with Crippen molar-refractivity contribution in [1.82, 2.24) is 10.6 Å². The molecule has 0 radical (unpaired) electrons. The van der Waals surface area contributed by atoms with Crippen LogP contribution in [0.1, 0.15) is 17.3 Å². The number of hydrogen-bond acceptors (Lipinski definition) is 3. The van der Waals surface area contributed by atoms with Crippen molar-refractivity contribution in [2.45, 2.75) is 6.92 Å². The van der Waals surface area contributed by atoms with Crippen LogP contribution in [-0.4, -0.2) is 36.6 Å². The first kappa shape index (κ1) is 16.0. The lowest BCUT2D eigenvalue weighted by molar-refractivity contribution is -0.120. The second-order valence-electron chi connectivity index (χ2n) is 4.40. The molecule has 0 saturated carbocycles. The van der Waals surface area contributed by atoms with Gasteiger partial charge in [0.15, 0.2) is 0 Å². The molecule has 0 aliphatic rings. The third kappa shape index (κ3) is 4.93. The summed E-state index contributed by atoms with van der Waals surface area (Å²) < 4.78 is 26.0. The summed E-state index contributed by atoms with van der Waals surface area (Å²) in [7, 11) is 0. The Bertz CT molecular complexity index is 495. The normalized spacial score (nSPS) is 11.8. The van der Waals surface area contributed by atoms with Crippen molar-refractivity contribution in [1.29, 1.82) is 0 Å². The summed E-state index contributed by atoms with van der Waals surface area (Å²) in [6, 6.07) is 2.56. The average Bonchev–Trinajstić information content (AvgIpc) is 2.42. The van der Waals surface area contributed by atoms with E-state index in [0.29, 0.717) is 6.07 Å². The van der Waals surface area contributed by atoms with E-state index in [1.807, 2.05) is 0 Å². The molecule has 7 heteroatoms. The minimum atomic E-state index is -0.989. The van der Waals surface area contributed by atoms with Gasteiger partial charge in [0.05, 0.1) is 12.1 Å². The summed E-state index contributed by atoms with van der Waals surface area (Å²) in [5, 5.41) is 13.5. The number of hydrogen-bond donors (Lipinski definition) is 3. The molecule has 1 rings (SSSR count). The van der Waals surface area contributed by atoms with Crippen molar-refractivity contribution in [3.05, 3.63) is 35.4 Å². The van der Waals surface area contributed by atoms with E-state index >= 15 is 0 Å². The lowest BCUT2D eigenvalue weighted by Crippen LogP contribution is -2.39. The Morgan fingerprint density at radius 1 is 1.30 bits per heavy atom. The zero-order chi connectivity index (χ0) is 15.1. The zero-order valence-corrected chi connectivity index (χ0v) is 11.0. The maximum atomic E-state index is 13.3. The van der Waals surface area contributed by atoms with Crippen LogP contribution in [0, 0.1) is 17.6 Å². The number of carbonyl (C=O) groups is 2. The average molecular weight is 286 g/mol. The predicted molar refractivity (Wildman–Crippen MR) is 68.0 cm³/mol. The second-order valence-corrected chi connectivity index (χ2v) is 4.40. The SMILES string of the molecule is CC(CO)CNC(=O)CNC(=O)c1ccc(F)cc1F. The molecule has 1 atom stereocenters. The molecule has 0 aliphatic heterocycles. The molecule has 110 valence electrons. The number of carbonyl (C=O) groups excluding carboxylic acids is 2. The van der Waals surface area contributed by atoms with Gasteiger partial charge in [0, 0.05) is 19.2 Å². The number of aliphatic hydroxyl groups is 1. The van der Waals surface area contributed by atoms with Gasteiger partial charge in [0.2, 0.25) is 5.91 Å². The molecule has 3 N–H and O–H groups in total. The van der Waals surface area contributed by atoms with Crippen LogP contribution >= 0.6 is 0 Å². The molecule has 1 aromatic rings. The predicted octanol–water partition coefficient (Wildman–Crippen LogP) is 0.439. The van der Waals surface area contributed by atoms with E-state index in [0.717, 1.165) is 12.1 Å². The minimum Gasteiger partial charge on any atom is -0.396 e. The van der Waals surface area contributed by atoms with Crippen molar-refractivity contribution < 1.29 is 23.5 Å². The molecule has 0 heterocycles. The van der Waals surface area contributed by atoms with E-state index in [1.165, 1.54) is 0 Å². The molecular formula is C13H16F2N2O3. The molecule has 0 aromatic heterocycles. The molecule has 0 fully saturated rings. The largest absolute Gasteiger partial charge is 0.396 e. The number of halogens is 2. The lowest BCUT2D eigenvalue weighted by atomic mass is 10.2. The first-order valence-electron chi connectivity index (χ1n) is 6.04. The summed E-state index contributed by atoms with van der Waals surface area (Å²) in [5.41, 5.74) is -0.331. The van der Waals surface area contributed by atoms with Gasteiger partial charge in [-0.2, -0.15) is 0 Å². The number of benzene rings is 1. The van der Waals surface area contributed by atoms with Gasteiger partial charge >= 0.3 is 0 Å². The van der Waals surface area contributed by atoms with Gasteiger partial charge in [-0.1, -0.05) is 6.92 Å². The topological polar surface area (TPSA) is 78.4 Å². The first-order chi connectivity index (χ1) is 9.43. The Morgan fingerprint density at radius 3 is 2.60 bits per heavy atom. The van der Waals surface area contributed by atoms with Crippen molar-refractivity contribution in [2.24, 2.45) is 5.92 Å². The van der Waals surface area contributed by atoms with Gasteiger partial charge in [-0.05, 0) is 18.1 Å². The summed E-state index contributed by atoms with van der Waals surface area (Å²) >= 11 is 0. The van der Waals surface area contributed by atoms with Crippen LogP contribution in [0.2, 0.25) is 0 Å². The standard InChI is InChI=1S/C13H16F2N2O3/c1-8(7-18)5-16-12(19)6-17-13(20)10-3-2-9(14)4-11(10)15/h2-4,8,18H,5-7H2,1H3,(H,16,19)(H,17,20). The van der Waals surface area contributed by atoms with E-state index in [-0.39, 0.29) is 31.2 Å². The number of nitrogens with one attached hydrogen (secondary N) is 2. The Labute approximate surface area is 115 Å². The molecule has 20 heavy (non-hydrogen) atoms. The maximum Gasteiger partial charge on any atom is 0.254 e. The Kier molecular flexibility index (Phi) is 6.05. The van der Waals surface area contributed by atoms with E-state index in [9.17, 15) is 18.4 Å². The fraction of sp³-hybridized carbons (Fsp3) is 0.385.